The maximum Gasteiger partial charge on any atom is 0.258 e. The van der Waals surface area contributed by atoms with Gasteiger partial charge in [-0.05, 0) is 36.9 Å². The zero-order chi connectivity index (χ0) is 19.8. The number of amides is 1. The molecule has 0 aliphatic carbocycles. The number of carbonyl (C=O) groups is 1. The number of rotatable bonds is 8. The molecule has 2 aromatic rings. The Hall–Kier alpha value is -2.57. The summed E-state index contributed by atoms with van der Waals surface area (Å²) in [7, 11) is 3.81. The summed E-state index contributed by atoms with van der Waals surface area (Å²) in [5.41, 5.74) is 1.18. The Kier molecular flexibility index (Phi) is 7.28. The first-order valence-corrected chi connectivity index (χ1v) is 9.67. The lowest BCUT2D eigenvalue weighted by Crippen LogP contribution is -2.48. The van der Waals surface area contributed by atoms with Crippen LogP contribution in [-0.2, 0) is 4.79 Å². The second kappa shape index (κ2) is 10.1. The smallest absolute Gasteiger partial charge is 0.258 e. The minimum atomic E-state index is -0.114. The number of nitrogens with zero attached hydrogens (tertiary/aromatic N) is 2. The molecule has 6 nitrogen and oxygen atoms in total. The lowest BCUT2D eigenvalue weighted by molar-refractivity contribution is -0.123. The average Bonchev–Trinajstić information content (AvgIpc) is 2.75. The molecule has 1 N–H and O–H groups in total. The largest absolute Gasteiger partial charge is 0.497 e. The van der Waals surface area contributed by atoms with E-state index in [-0.39, 0.29) is 18.6 Å². The van der Waals surface area contributed by atoms with E-state index in [1.54, 1.807) is 7.11 Å². The molecule has 0 aromatic heterocycles. The van der Waals surface area contributed by atoms with Gasteiger partial charge in [0.2, 0.25) is 0 Å². The summed E-state index contributed by atoms with van der Waals surface area (Å²) in [6.07, 6.45) is 0. The highest BCUT2D eigenvalue weighted by Crippen LogP contribution is 2.24. The van der Waals surface area contributed by atoms with E-state index in [0.29, 0.717) is 12.3 Å². The van der Waals surface area contributed by atoms with Crippen LogP contribution in [0.25, 0.3) is 0 Å². The van der Waals surface area contributed by atoms with Crippen molar-refractivity contribution >= 4 is 5.91 Å². The number of methoxy groups -OCH3 is 1. The molecule has 0 unspecified atom stereocenters. The zero-order valence-electron chi connectivity index (χ0n) is 16.6. The molecule has 3 rings (SSSR count). The van der Waals surface area contributed by atoms with Gasteiger partial charge in [-0.2, -0.15) is 0 Å². The van der Waals surface area contributed by atoms with Crippen LogP contribution < -0.4 is 14.8 Å². The van der Waals surface area contributed by atoms with Gasteiger partial charge in [-0.1, -0.05) is 30.3 Å². The number of ether oxygens (including phenoxy) is 2. The Morgan fingerprint density at radius 3 is 2.32 bits per heavy atom. The van der Waals surface area contributed by atoms with E-state index < -0.39 is 0 Å². The summed E-state index contributed by atoms with van der Waals surface area (Å²) >= 11 is 0. The molecule has 28 heavy (non-hydrogen) atoms. The van der Waals surface area contributed by atoms with Crippen molar-refractivity contribution < 1.29 is 14.3 Å². The molecule has 0 bridgehead atoms. The van der Waals surface area contributed by atoms with Crippen LogP contribution in [0.4, 0.5) is 0 Å². The van der Waals surface area contributed by atoms with Crippen molar-refractivity contribution in [1.29, 1.82) is 0 Å². The van der Waals surface area contributed by atoms with Crippen LogP contribution in [-0.4, -0.2) is 69.2 Å². The second-order valence-electron chi connectivity index (χ2n) is 7.03. The van der Waals surface area contributed by atoms with E-state index in [1.165, 1.54) is 5.56 Å². The monoisotopic (exact) mass is 383 g/mol. The minimum absolute atomic E-state index is 0.0160. The zero-order valence-corrected chi connectivity index (χ0v) is 16.6. The lowest BCUT2D eigenvalue weighted by atomic mass is 10.0. The molecule has 0 saturated carbocycles. The molecule has 150 valence electrons. The summed E-state index contributed by atoms with van der Waals surface area (Å²) in [5, 5.41) is 3.04. The number of benzene rings is 2. The normalized spacial score (nSPS) is 16.4. The van der Waals surface area contributed by atoms with Crippen LogP contribution in [0, 0.1) is 0 Å². The van der Waals surface area contributed by atoms with Crippen molar-refractivity contribution in [1.82, 2.24) is 15.1 Å². The first kappa shape index (κ1) is 20.2. The van der Waals surface area contributed by atoms with Gasteiger partial charge in [-0.3, -0.25) is 9.69 Å². The van der Waals surface area contributed by atoms with Gasteiger partial charge in [0.1, 0.15) is 11.5 Å². The van der Waals surface area contributed by atoms with Crippen molar-refractivity contribution in [3.63, 3.8) is 0 Å². The summed E-state index contributed by atoms with van der Waals surface area (Å²) in [6, 6.07) is 17.6. The van der Waals surface area contributed by atoms with Crippen molar-refractivity contribution in [3.8, 4) is 11.5 Å². The molecule has 1 saturated heterocycles. The molecular formula is C22H29N3O3. The number of carbonyl (C=O) groups excluding carboxylic acids is 1. The maximum absolute atomic E-state index is 12.3. The molecule has 1 heterocycles. The van der Waals surface area contributed by atoms with Gasteiger partial charge in [0.25, 0.3) is 5.91 Å². The number of piperazine rings is 1. The first-order valence-electron chi connectivity index (χ1n) is 9.67. The maximum atomic E-state index is 12.3. The van der Waals surface area contributed by atoms with Crippen LogP contribution in [0.15, 0.2) is 54.6 Å². The second-order valence-corrected chi connectivity index (χ2v) is 7.03. The van der Waals surface area contributed by atoms with E-state index in [4.69, 9.17) is 9.47 Å². The predicted molar refractivity (Wildman–Crippen MR) is 110 cm³/mol. The van der Waals surface area contributed by atoms with Gasteiger partial charge >= 0.3 is 0 Å². The van der Waals surface area contributed by atoms with Crippen molar-refractivity contribution in [2.24, 2.45) is 0 Å². The molecule has 1 atom stereocenters. The third-order valence-corrected chi connectivity index (χ3v) is 5.08. The van der Waals surface area contributed by atoms with E-state index in [0.717, 1.165) is 31.9 Å². The fourth-order valence-electron chi connectivity index (χ4n) is 3.34. The van der Waals surface area contributed by atoms with E-state index in [2.05, 4.69) is 34.3 Å². The molecule has 6 heteroatoms. The van der Waals surface area contributed by atoms with Gasteiger partial charge in [-0.15, -0.1) is 0 Å². The fourth-order valence-corrected chi connectivity index (χ4v) is 3.34. The molecule has 1 fully saturated rings. The molecule has 1 aliphatic rings. The quantitative estimate of drug-likeness (QED) is 0.757. The standard InChI is InChI=1S/C22H29N3O3/c1-24-12-14-25(15-13-24)21(18-8-10-19(27-2)11-9-18)16-23-22(26)17-28-20-6-4-3-5-7-20/h3-11,21H,12-17H2,1-2H3,(H,23,26)/t21-/m0/s1. The molecular weight excluding hydrogens is 354 g/mol. The van der Waals surface area contributed by atoms with Crippen LogP contribution in [0.3, 0.4) is 0 Å². The Morgan fingerprint density at radius 1 is 1.00 bits per heavy atom. The SMILES string of the molecule is COc1ccc([C@H](CNC(=O)COc2ccccc2)N2CCN(C)CC2)cc1. The Balaban J connectivity index is 1.60. The van der Waals surface area contributed by atoms with Gasteiger partial charge in [-0.25, -0.2) is 0 Å². The third-order valence-electron chi connectivity index (χ3n) is 5.08. The molecule has 1 amide bonds. The third kappa shape index (κ3) is 5.71. The first-order chi connectivity index (χ1) is 13.7. The molecule has 2 aromatic carbocycles. The predicted octanol–water partition coefficient (Wildman–Crippen LogP) is 2.18. The van der Waals surface area contributed by atoms with Crippen LogP contribution in [0.2, 0.25) is 0 Å². The summed E-state index contributed by atoms with van der Waals surface area (Å²) in [5.74, 6) is 1.42. The van der Waals surface area contributed by atoms with Gasteiger partial charge < -0.3 is 19.7 Å². The Bertz CT molecular complexity index is 728. The summed E-state index contributed by atoms with van der Waals surface area (Å²) in [6.45, 7) is 4.57. The number of likely N-dealkylation sites (N-methyl/N-ethyl adjacent to an activating group) is 1. The number of nitrogens with one attached hydrogen (secondary N) is 1. The van der Waals surface area contributed by atoms with Crippen molar-refractivity contribution in [2.75, 3.05) is 53.5 Å². The van der Waals surface area contributed by atoms with Crippen molar-refractivity contribution in [2.45, 2.75) is 6.04 Å². The highest BCUT2D eigenvalue weighted by Gasteiger charge is 2.24. The number of para-hydroxylation sites is 1. The van der Waals surface area contributed by atoms with Gasteiger partial charge in [0, 0.05) is 32.7 Å². The fraction of sp³-hybridized carbons (Fsp3) is 0.409. The average molecular weight is 383 g/mol. The van der Waals surface area contributed by atoms with Crippen LogP contribution in [0.5, 0.6) is 11.5 Å². The number of hydrogen-bond donors (Lipinski definition) is 1. The Morgan fingerprint density at radius 2 is 1.68 bits per heavy atom. The Labute approximate surface area is 167 Å². The topological polar surface area (TPSA) is 54.0 Å². The molecule has 0 radical (unpaired) electrons. The summed E-state index contributed by atoms with van der Waals surface area (Å²) in [4.78, 5) is 17.1. The highest BCUT2D eigenvalue weighted by molar-refractivity contribution is 5.77. The number of hydrogen-bond acceptors (Lipinski definition) is 5. The van der Waals surface area contributed by atoms with Gasteiger partial charge in [0.05, 0.1) is 13.2 Å². The molecule has 0 spiro atoms. The van der Waals surface area contributed by atoms with E-state index in [9.17, 15) is 4.79 Å². The highest BCUT2D eigenvalue weighted by atomic mass is 16.5. The molecule has 1 aliphatic heterocycles. The van der Waals surface area contributed by atoms with E-state index >= 15 is 0 Å². The lowest BCUT2D eigenvalue weighted by Gasteiger charge is -2.38. The van der Waals surface area contributed by atoms with Crippen molar-refractivity contribution in [3.05, 3.63) is 60.2 Å². The van der Waals surface area contributed by atoms with Crippen LogP contribution >= 0.6 is 0 Å². The minimum Gasteiger partial charge on any atom is -0.497 e. The summed E-state index contributed by atoms with van der Waals surface area (Å²) < 4.78 is 10.8. The van der Waals surface area contributed by atoms with Crippen LogP contribution in [0.1, 0.15) is 11.6 Å². The van der Waals surface area contributed by atoms with E-state index in [1.807, 2.05) is 42.5 Å². The van der Waals surface area contributed by atoms with Gasteiger partial charge in [0.15, 0.2) is 6.61 Å².